The fraction of sp³-hybridized carbons (Fsp3) is 0.400. The molecule has 4 aliphatic rings. The molecule has 7 rings (SSSR count). The largest absolute Gasteiger partial charge is 0.446 e. The van der Waals surface area contributed by atoms with Gasteiger partial charge in [0.1, 0.15) is 11.9 Å². The maximum Gasteiger partial charge on any atom is 0.413 e. The van der Waals surface area contributed by atoms with Gasteiger partial charge in [-0.3, -0.25) is 10.3 Å². The first-order valence-corrected chi connectivity index (χ1v) is 11.6. The number of pyridine rings is 2. The van der Waals surface area contributed by atoms with Gasteiger partial charge in [-0.05, 0) is 42.3 Å². The standard InChI is InChI=1S/C25H26FN5O3/c1-10-15-7-19(10)30-23-11(2)17(8-29-24(15)23)16-3-12-4-20(28-9-18(12)22(27)21(16)26)31-25(33)34-14-5-13(32)6-14/h3-4,8-10,13-15,19,30,32H,5-7,27H2,1-2H3,(H,28,31,33)/t10-,13-,14+,15-,19?/m1/s1. The Kier molecular flexibility index (Phi) is 4.67. The summed E-state index contributed by atoms with van der Waals surface area (Å²) in [6.07, 6.45) is 3.76. The molecule has 3 aromatic rings. The number of nitrogens with two attached hydrogens (primary N) is 1. The van der Waals surface area contributed by atoms with Crippen LogP contribution >= 0.6 is 0 Å². The van der Waals surface area contributed by atoms with Crippen LogP contribution in [0, 0.1) is 18.7 Å². The van der Waals surface area contributed by atoms with Gasteiger partial charge >= 0.3 is 6.09 Å². The van der Waals surface area contributed by atoms with Gasteiger partial charge < -0.3 is 20.9 Å². The Morgan fingerprint density at radius 2 is 2.03 bits per heavy atom. The minimum atomic E-state index is -0.646. The normalized spacial score (nSPS) is 26.6. The van der Waals surface area contributed by atoms with E-state index in [-0.39, 0.29) is 17.6 Å². The van der Waals surface area contributed by atoms with Gasteiger partial charge in [-0.15, -0.1) is 0 Å². The lowest BCUT2D eigenvalue weighted by Crippen LogP contribution is -2.48. The van der Waals surface area contributed by atoms with E-state index < -0.39 is 18.0 Å². The minimum Gasteiger partial charge on any atom is -0.446 e. The first-order chi connectivity index (χ1) is 16.3. The Morgan fingerprint density at radius 3 is 2.76 bits per heavy atom. The van der Waals surface area contributed by atoms with E-state index in [1.807, 2.05) is 6.92 Å². The van der Waals surface area contributed by atoms with Crippen LogP contribution in [0.5, 0.6) is 0 Å². The number of aromatic nitrogens is 2. The molecule has 0 radical (unpaired) electrons. The van der Waals surface area contributed by atoms with Gasteiger partial charge in [-0.1, -0.05) is 6.92 Å². The Morgan fingerprint density at radius 1 is 1.24 bits per heavy atom. The van der Waals surface area contributed by atoms with E-state index in [1.54, 1.807) is 18.3 Å². The lowest BCUT2D eigenvalue weighted by Gasteiger charge is -2.49. The number of rotatable bonds is 3. The lowest BCUT2D eigenvalue weighted by molar-refractivity contribution is -0.0308. The van der Waals surface area contributed by atoms with Gasteiger partial charge in [-0.25, -0.2) is 14.2 Å². The second-order valence-electron chi connectivity index (χ2n) is 9.73. The number of fused-ring (bicyclic) bond motifs is 1. The van der Waals surface area contributed by atoms with Gasteiger partial charge in [0.25, 0.3) is 0 Å². The molecule has 8 nitrogen and oxygen atoms in total. The molecule has 4 heterocycles. The fourth-order valence-electron chi connectivity index (χ4n) is 5.36. The zero-order valence-electron chi connectivity index (χ0n) is 18.9. The molecular formula is C25H26FN5O3. The number of carbonyl (C=O) groups excluding carboxylic acids is 1. The summed E-state index contributed by atoms with van der Waals surface area (Å²) in [6.45, 7) is 4.21. The molecule has 2 aliphatic carbocycles. The van der Waals surface area contributed by atoms with E-state index >= 15 is 4.39 Å². The van der Waals surface area contributed by atoms with E-state index in [1.165, 1.54) is 6.20 Å². The second-order valence-corrected chi connectivity index (χ2v) is 9.73. The van der Waals surface area contributed by atoms with Gasteiger partial charge in [0.05, 0.1) is 23.2 Å². The van der Waals surface area contributed by atoms with Crippen molar-refractivity contribution in [3.8, 4) is 11.1 Å². The molecule has 2 bridgehead atoms. The fourth-order valence-corrected chi connectivity index (χ4v) is 5.36. The van der Waals surface area contributed by atoms with Crippen molar-refractivity contribution in [3.63, 3.8) is 0 Å². The molecule has 9 heteroatoms. The average Bonchev–Trinajstić information content (AvgIpc) is 2.80. The van der Waals surface area contributed by atoms with Gasteiger partial charge in [0.15, 0.2) is 5.82 Å². The topological polar surface area (TPSA) is 122 Å². The van der Waals surface area contributed by atoms with E-state index in [0.29, 0.717) is 52.6 Å². The molecule has 2 aliphatic heterocycles. The molecule has 176 valence electrons. The molecule has 2 saturated carbocycles. The smallest absolute Gasteiger partial charge is 0.413 e. The number of nitrogens with one attached hydrogen (secondary N) is 2. The van der Waals surface area contributed by atoms with Crippen molar-refractivity contribution in [1.82, 2.24) is 9.97 Å². The molecule has 0 spiro atoms. The van der Waals surface area contributed by atoms with Crippen LogP contribution in [-0.4, -0.2) is 39.4 Å². The van der Waals surface area contributed by atoms with Gasteiger partial charge in [-0.2, -0.15) is 0 Å². The Bertz CT molecular complexity index is 1340. The quantitative estimate of drug-likeness (QED) is 0.427. The zero-order valence-corrected chi connectivity index (χ0v) is 18.9. The predicted octanol–water partition coefficient (Wildman–Crippen LogP) is 4.32. The number of nitrogens with zero attached hydrogens (tertiary/aromatic N) is 2. The predicted molar refractivity (Wildman–Crippen MR) is 127 cm³/mol. The van der Waals surface area contributed by atoms with Crippen molar-refractivity contribution in [1.29, 1.82) is 0 Å². The number of carbonyl (C=O) groups is 1. The summed E-state index contributed by atoms with van der Waals surface area (Å²) in [5, 5.41) is 16.6. The number of benzene rings is 1. The van der Waals surface area contributed by atoms with Crippen LogP contribution in [0.2, 0.25) is 0 Å². The average molecular weight is 464 g/mol. The van der Waals surface area contributed by atoms with Gasteiger partial charge in [0.2, 0.25) is 0 Å². The first-order valence-electron chi connectivity index (χ1n) is 11.6. The van der Waals surface area contributed by atoms with Crippen molar-refractivity contribution in [2.75, 3.05) is 16.4 Å². The third kappa shape index (κ3) is 3.18. The summed E-state index contributed by atoms with van der Waals surface area (Å²) in [5.41, 5.74) is 10.2. The number of halogens is 1. The highest BCUT2D eigenvalue weighted by atomic mass is 19.1. The van der Waals surface area contributed by atoms with Gasteiger partial charge in [0, 0.05) is 53.7 Å². The molecular weight excluding hydrogens is 437 g/mol. The van der Waals surface area contributed by atoms with Crippen LogP contribution in [0.15, 0.2) is 24.5 Å². The molecule has 1 unspecified atom stereocenters. The van der Waals surface area contributed by atoms with Crippen LogP contribution in [0.3, 0.4) is 0 Å². The number of nitrogen functional groups attached to an aromatic ring is 1. The zero-order chi connectivity index (χ0) is 23.7. The van der Waals surface area contributed by atoms with E-state index in [9.17, 15) is 9.90 Å². The summed E-state index contributed by atoms with van der Waals surface area (Å²) in [5.74, 6) is 0.753. The summed E-state index contributed by atoms with van der Waals surface area (Å²) in [7, 11) is 0. The molecule has 0 saturated heterocycles. The Balaban J connectivity index is 1.34. The number of hydrogen-bond acceptors (Lipinski definition) is 7. The number of anilines is 3. The number of ether oxygens (including phenoxy) is 1. The summed E-state index contributed by atoms with van der Waals surface area (Å²) in [4.78, 5) is 21.0. The summed E-state index contributed by atoms with van der Waals surface area (Å²) < 4.78 is 20.6. The second kappa shape index (κ2) is 7.53. The Hall–Kier alpha value is -3.46. The summed E-state index contributed by atoms with van der Waals surface area (Å²) >= 11 is 0. The van der Waals surface area contributed by atoms with Crippen molar-refractivity contribution in [2.45, 2.75) is 57.3 Å². The van der Waals surface area contributed by atoms with Crippen molar-refractivity contribution in [2.24, 2.45) is 5.92 Å². The monoisotopic (exact) mass is 463 g/mol. The lowest BCUT2D eigenvalue weighted by atomic mass is 9.65. The van der Waals surface area contributed by atoms with Crippen LogP contribution in [-0.2, 0) is 4.74 Å². The van der Waals surface area contributed by atoms with Crippen molar-refractivity contribution >= 4 is 34.1 Å². The molecule has 2 aromatic heterocycles. The molecule has 5 N–H and O–H groups in total. The minimum absolute atomic E-state index is 0.000804. The van der Waals surface area contributed by atoms with E-state index in [4.69, 9.17) is 15.5 Å². The SMILES string of the molecule is Cc1c(-c2cc3cc(NC(=O)O[C@H]4C[C@@H](O)C4)ncc3c(N)c2F)cnc2c1NC1C[C@@H]2[C@H]1C. The maximum absolute atomic E-state index is 15.4. The first kappa shape index (κ1) is 21.1. The maximum atomic E-state index is 15.4. The molecule has 34 heavy (non-hydrogen) atoms. The summed E-state index contributed by atoms with van der Waals surface area (Å²) in [6, 6.07) is 3.79. The molecule has 3 atom stereocenters. The third-order valence-corrected chi connectivity index (χ3v) is 7.69. The number of amides is 1. The van der Waals surface area contributed by atoms with E-state index in [2.05, 4.69) is 22.5 Å². The van der Waals surface area contributed by atoms with Crippen molar-refractivity contribution in [3.05, 3.63) is 41.6 Å². The highest BCUT2D eigenvalue weighted by Crippen LogP contribution is 2.52. The number of aliphatic hydroxyl groups is 1. The highest BCUT2D eigenvalue weighted by molar-refractivity contribution is 5.99. The van der Waals surface area contributed by atoms with Crippen LogP contribution in [0.4, 0.5) is 26.4 Å². The number of hydrogen-bond donors (Lipinski definition) is 4. The van der Waals surface area contributed by atoms with Crippen molar-refractivity contribution < 1.29 is 19.0 Å². The molecule has 2 fully saturated rings. The number of aliphatic hydroxyl groups excluding tert-OH is 1. The molecule has 1 amide bonds. The van der Waals surface area contributed by atoms with Crippen LogP contribution in [0.1, 0.15) is 43.4 Å². The van der Waals surface area contributed by atoms with E-state index in [0.717, 1.165) is 23.4 Å². The Labute approximate surface area is 195 Å². The third-order valence-electron chi connectivity index (χ3n) is 7.69. The van der Waals surface area contributed by atoms with Crippen LogP contribution < -0.4 is 16.4 Å². The molecule has 1 aromatic carbocycles. The highest BCUT2D eigenvalue weighted by Gasteiger charge is 2.45. The van der Waals surface area contributed by atoms with Crippen LogP contribution in [0.25, 0.3) is 21.9 Å².